The van der Waals surface area contributed by atoms with Crippen LogP contribution in [0.15, 0.2) is 36.7 Å². The van der Waals surface area contributed by atoms with Crippen molar-refractivity contribution in [3.8, 4) is 6.07 Å². The van der Waals surface area contributed by atoms with Gasteiger partial charge < -0.3 is 0 Å². The lowest BCUT2D eigenvalue weighted by molar-refractivity contribution is 0.582. The van der Waals surface area contributed by atoms with Crippen LogP contribution in [0.1, 0.15) is 17.3 Å². The van der Waals surface area contributed by atoms with E-state index in [2.05, 4.69) is 9.97 Å². The highest BCUT2D eigenvalue weighted by Crippen LogP contribution is 2.24. The molecule has 0 saturated carbocycles. The maximum absolute atomic E-state index is 13.5. The summed E-state index contributed by atoms with van der Waals surface area (Å²) >= 11 is 0. The van der Waals surface area contributed by atoms with Gasteiger partial charge in [-0.05, 0) is 24.3 Å². The predicted octanol–water partition coefficient (Wildman–Crippen LogP) is 2.41. The molecule has 0 spiro atoms. The first-order chi connectivity index (χ1) is 8.22. The van der Waals surface area contributed by atoms with Crippen molar-refractivity contribution in [2.24, 2.45) is 0 Å². The molecule has 1 heterocycles. The Morgan fingerprint density at radius 1 is 1.18 bits per heavy atom. The molecule has 0 radical (unpaired) electrons. The summed E-state index contributed by atoms with van der Waals surface area (Å²) in [6.45, 7) is 0. The fourth-order valence-corrected chi connectivity index (χ4v) is 1.46. The van der Waals surface area contributed by atoms with Crippen LogP contribution < -0.4 is 0 Å². The van der Waals surface area contributed by atoms with Crippen LogP contribution in [-0.4, -0.2) is 9.97 Å². The van der Waals surface area contributed by atoms with Crippen LogP contribution in [-0.2, 0) is 0 Å². The molecule has 1 aromatic heterocycles. The Bertz CT molecular complexity index is 564. The minimum atomic E-state index is -1.01. The number of hydrogen-bond donors (Lipinski definition) is 0. The Morgan fingerprint density at radius 2 is 1.88 bits per heavy atom. The highest BCUT2D eigenvalue weighted by molar-refractivity contribution is 5.33. The highest BCUT2D eigenvalue weighted by Gasteiger charge is 2.20. The Hall–Kier alpha value is -2.35. The van der Waals surface area contributed by atoms with Gasteiger partial charge in [0.25, 0.3) is 0 Å². The van der Waals surface area contributed by atoms with Crippen molar-refractivity contribution in [1.29, 1.82) is 5.26 Å². The summed E-state index contributed by atoms with van der Waals surface area (Å²) in [4.78, 5) is 7.75. The number of nitriles is 1. The lowest BCUT2D eigenvalue weighted by Crippen LogP contribution is -2.06. The summed E-state index contributed by atoms with van der Waals surface area (Å²) < 4.78 is 26.6. The fraction of sp³-hybridized carbons (Fsp3) is 0.0833. The number of halogens is 2. The summed E-state index contributed by atoms with van der Waals surface area (Å²) in [5, 5.41) is 9.03. The molecule has 2 aromatic rings. The van der Waals surface area contributed by atoms with Gasteiger partial charge in [-0.1, -0.05) is 0 Å². The fourth-order valence-electron chi connectivity index (χ4n) is 1.46. The normalized spacial score (nSPS) is 11.8. The number of nitrogens with zero attached hydrogens (tertiary/aromatic N) is 3. The molecule has 0 aliphatic heterocycles. The molecule has 0 aliphatic rings. The summed E-state index contributed by atoms with van der Waals surface area (Å²) in [6, 6.07) is 6.42. The molecule has 0 N–H and O–H groups in total. The lowest BCUT2D eigenvalue weighted by atomic mass is 9.99. The van der Waals surface area contributed by atoms with Crippen molar-refractivity contribution >= 4 is 0 Å². The van der Waals surface area contributed by atoms with Gasteiger partial charge in [-0.2, -0.15) is 5.26 Å². The molecular weight excluding hydrogens is 224 g/mol. The van der Waals surface area contributed by atoms with E-state index >= 15 is 0 Å². The van der Waals surface area contributed by atoms with Crippen LogP contribution in [0.3, 0.4) is 0 Å². The maximum atomic E-state index is 13.5. The molecule has 17 heavy (non-hydrogen) atoms. The topological polar surface area (TPSA) is 49.6 Å². The first-order valence-electron chi connectivity index (χ1n) is 4.84. The standard InChI is InChI=1S/C12H7F2N3/c13-8-2-3-11(14)9(6-8)10(7-15)12-16-4-1-5-17-12/h1-6,10H. The third kappa shape index (κ3) is 2.26. The van der Waals surface area contributed by atoms with E-state index < -0.39 is 17.6 Å². The molecule has 5 heteroatoms. The smallest absolute Gasteiger partial charge is 0.149 e. The molecule has 0 fully saturated rings. The summed E-state index contributed by atoms with van der Waals surface area (Å²) in [5.41, 5.74) is -0.0568. The van der Waals surface area contributed by atoms with Crippen LogP contribution in [0, 0.1) is 23.0 Å². The van der Waals surface area contributed by atoms with Gasteiger partial charge in [-0.3, -0.25) is 0 Å². The zero-order chi connectivity index (χ0) is 12.3. The Balaban J connectivity index is 2.51. The summed E-state index contributed by atoms with van der Waals surface area (Å²) in [7, 11) is 0. The predicted molar refractivity (Wildman–Crippen MR) is 55.8 cm³/mol. The molecular formula is C12H7F2N3. The zero-order valence-electron chi connectivity index (χ0n) is 8.64. The second kappa shape index (κ2) is 4.66. The van der Waals surface area contributed by atoms with E-state index in [1.807, 2.05) is 6.07 Å². The summed E-state index contributed by atoms with van der Waals surface area (Å²) in [5.74, 6) is -2.10. The summed E-state index contributed by atoms with van der Waals surface area (Å²) in [6.07, 6.45) is 2.90. The Labute approximate surface area is 96.4 Å². The minimum absolute atomic E-state index is 0.0568. The van der Waals surface area contributed by atoms with Crippen LogP contribution in [0.25, 0.3) is 0 Å². The van der Waals surface area contributed by atoms with E-state index in [-0.39, 0.29) is 11.4 Å². The van der Waals surface area contributed by atoms with Crippen LogP contribution in [0.2, 0.25) is 0 Å². The van der Waals surface area contributed by atoms with E-state index in [4.69, 9.17) is 5.26 Å². The molecule has 0 saturated heterocycles. The second-order valence-corrected chi connectivity index (χ2v) is 3.33. The van der Waals surface area contributed by atoms with Crippen LogP contribution >= 0.6 is 0 Å². The van der Waals surface area contributed by atoms with Crippen LogP contribution in [0.4, 0.5) is 8.78 Å². The van der Waals surface area contributed by atoms with Crippen molar-refractivity contribution < 1.29 is 8.78 Å². The monoisotopic (exact) mass is 231 g/mol. The molecule has 3 nitrogen and oxygen atoms in total. The Kier molecular flexibility index (Phi) is 3.06. The number of rotatable bonds is 2. The van der Waals surface area contributed by atoms with Crippen molar-refractivity contribution in [1.82, 2.24) is 9.97 Å². The van der Waals surface area contributed by atoms with Gasteiger partial charge in [0.15, 0.2) is 0 Å². The van der Waals surface area contributed by atoms with Gasteiger partial charge in [-0.15, -0.1) is 0 Å². The third-order valence-electron chi connectivity index (χ3n) is 2.24. The quantitative estimate of drug-likeness (QED) is 0.797. The van der Waals surface area contributed by atoms with E-state index in [1.54, 1.807) is 6.07 Å². The molecule has 0 bridgehead atoms. The average molecular weight is 231 g/mol. The van der Waals surface area contributed by atoms with Crippen LogP contribution in [0.5, 0.6) is 0 Å². The molecule has 0 amide bonds. The molecule has 1 unspecified atom stereocenters. The first-order valence-corrected chi connectivity index (χ1v) is 4.84. The van der Waals surface area contributed by atoms with Gasteiger partial charge >= 0.3 is 0 Å². The van der Waals surface area contributed by atoms with Crippen molar-refractivity contribution in [3.63, 3.8) is 0 Å². The molecule has 84 valence electrons. The first kappa shape index (κ1) is 11.1. The largest absolute Gasteiger partial charge is 0.240 e. The molecule has 0 aliphatic carbocycles. The van der Waals surface area contributed by atoms with Gasteiger partial charge in [0.2, 0.25) is 0 Å². The van der Waals surface area contributed by atoms with E-state index in [1.165, 1.54) is 12.4 Å². The highest BCUT2D eigenvalue weighted by atomic mass is 19.1. The number of benzene rings is 1. The number of hydrogen-bond acceptors (Lipinski definition) is 3. The van der Waals surface area contributed by atoms with Gasteiger partial charge in [0, 0.05) is 18.0 Å². The second-order valence-electron chi connectivity index (χ2n) is 3.33. The molecule has 1 aromatic carbocycles. The maximum Gasteiger partial charge on any atom is 0.149 e. The molecule has 2 rings (SSSR count). The van der Waals surface area contributed by atoms with Gasteiger partial charge in [0.05, 0.1) is 6.07 Å². The van der Waals surface area contributed by atoms with E-state index in [0.29, 0.717) is 0 Å². The Morgan fingerprint density at radius 3 is 2.53 bits per heavy atom. The van der Waals surface area contributed by atoms with Crippen molar-refractivity contribution in [3.05, 3.63) is 59.7 Å². The van der Waals surface area contributed by atoms with Crippen molar-refractivity contribution in [2.75, 3.05) is 0 Å². The lowest BCUT2D eigenvalue weighted by Gasteiger charge is -2.08. The molecule has 1 atom stereocenters. The minimum Gasteiger partial charge on any atom is -0.240 e. The number of aromatic nitrogens is 2. The van der Waals surface area contributed by atoms with Gasteiger partial charge in [0.1, 0.15) is 23.4 Å². The van der Waals surface area contributed by atoms with Gasteiger partial charge in [-0.25, -0.2) is 18.7 Å². The van der Waals surface area contributed by atoms with E-state index in [9.17, 15) is 8.78 Å². The third-order valence-corrected chi connectivity index (χ3v) is 2.24. The SMILES string of the molecule is N#CC(c1ncccn1)c1cc(F)ccc1F. The zero-order valence-corrected chi connectivity index (χ0v) is 8.64. The average Bonchev–Trinajstić information content (AvgIpc) is 2.36. The van der Waals surface area contributed by atoms with Crippen molar-refractivity contribution in [2.45, 2.75) is 5.92 Å². The van der Waals surface area contributed by atoms with E-state index in [0.717, 1.165) is 18.2 Å².